The molecule has 1 aromatic carbocycles. The number of nitrogens with one attached hydrogen (secondary N) is 1. The van der Waals surface area contributed by atoms with Gasteiger partial charge in [-0.15, -0.1) is 0 Å². The van der Waals surface area contributed by atoms with E-state index in [0.29, 0.717) is 5.82 Å². The number of hydrogen-bond acceptors (Lipinski definition) is 3. The molecular weight excluding hydrogens is 252 g/mol. The largest absolute Gasteiger partial charge is 0.369 e. The van der Waals surface area contributed by atoms with Crippen molar-refractivity contribution in [1.82, 2.24) is 9.97 Å². The standard InChI is InChI=1S/C15H22N4O/c1-8(13(17)20)12(16)14-18-10-6-5-9(15(2,3)4)7-11(10)19-14/h5-8,12H,16H2,1-4H3,(H2,17,20)(H,18,19)/t8-,12-/m0/s1. The Morgan fingerprint density at radius 1 is 1.35 bits per heavy atom. The van der Waals surface area contributed by atoms with Crippen molar-refractivity contribution < 1.29 is 4.79 Å². The minimum absolute atomic E-state index is 0.0654. The fourth-order valence-corrected chi connectivity index (χ4v) is 2.06. The Morgan fingerprint density at radius 2 is 2.00 bits per heavy atom. The molecule has 0 aliphatic rings. The lowest BCUT2D eigenvalue weighted by Crippen LogP contribution is -2.31. The predicted molar refractivity (Wildman–Crippen MR) is 80.1 cm³/mol. The molecule has 0 saturated carbocycles. The van der Waals surface area contributed by atoms with Crippen LogP contribution < -0.4 is 11.5 Å². The SMILES string of the molecule is C[C@H](C(N)=O)[C@H](N)c1nc2cc(C(C)(C)C)ccc2[nH]1. The number of H-pyrrole nitrogens is 1. The lowest BCUT2D eigenvalue weighted by atomic mass is 9.87. The molecule has 20 heavy (non-hydrogen) atoms. The predicted octanol–water partition coefficient (Wildman–Crippen LogP) is 1.98. The minimum Gasteiger partial charge on any atom is -0.369 e. The fraction of sp³-hybridized carbons (Fsp3) is 0.467. The van der Waals surface area contributed by atoms with Gasteiger partial charge in [0.05, 0.1) is 23.0 Å². The average molecular weight is 274 g/mol. The van der Waals surface area contributed by atoms with Gasteiger partial charge >= 0.3 is 0 Å². The summed E-state index contributed by atoms with van der Waals surface area (Å²) in [5.41, 5.74) is 14.4. The number of nitrogens with two attached hydrogens (primary N) is 2. The van der Waals surface area contributed by atoms with Gasteiger partial charge in [0.25, 0.3) is 0 Å². The van der Waals surface area contributed by atoms with Gasteiger partial charge in [-0.3, -0.25) is 4.79 Å². The number of aromatic amines is 1. The van der Waals surface area contributed by atoms with Crippen molar-refractivity contribution in [3.05, 3.63) is 29.6 Å². The monoisotopic (exact) mass is 274 g/mol. The van der Waals surface area contributed by atoms with Gasteiger partial charge in [-0.1, -0.05) is 33.8 Å². The number of hydrogen-bond donors (Lipinski definition) is 3. The first kappa shape index (κ1) is 14.5. The number of nitrogens with zero attached hydrogens (tertiary/aromatic N) is 1. The zero-order valence-corrected chi connectivity index (χ0v) is 12.4. The maximum atomic E-state index is 11.2. The van der Waals surface area contributed by atoms with Crippen molar-refractivity contribution >= 4 is 16.9 Å². The molecule has 1 aromatic heterocycles. The second-order valence-corrected chi connectivity index (χ2v) is 6.32. The molecule has 2 rings (SSSR count). The number of carbonyl (C=O) groups excluding carboxylic acids is 1. The summed E-state index contributed by atoms with van der Waals surface area (Å²) >= 11 is 0. The van der Waals surface area contributed by atoms with Crippen molar-refractivity contribution in [2.45, 2.75) is 39.2 Å². The molecule has 0 fully saturated rings. The molecule has 0 radical (unpaired) electrons. The van der Waals surface area contributed by atoms with Gasteiger partial charge in [-0.05, 0) is 23.1 Å². The highest BCUT2D eigenvalue weighted by Gasteiger charge is 2.23. The summed E-state index contributed by atoms with van der Waals surface area (Å²) in [7, 11) is 0. The van der Waals surface area contributed by atoms with Gasteiger partial charge in [-0.25, -0.2) is 4.98 Å². The number of primary amides is 1. The smallest absolute Gasteiger partial charge is 0.222 e. The number of aromatic nitrogens is 2. The topological polar surface area (TPSA) is 97.8 Å². The number of benzene rings is 1. The minimum atomic E-state index is -0.516. The third-order valence-corrected chi connectivity index (χ3v) is 3.67. The third kappa shape index (κ3) is 2.67. The highest BCUT2D eigenvalue weighted by atomic mass is 16.1. The van der Waals surface area contributed by atoms with E-state index >= 15 is 0 Å². The molecule has 1 heterocycles. The first-order valence-corrected chi connectivity index (χ1v) is 6.75. The van der Waals surface area contributed by atoms with Crippen LogP contribution in [0.3, 0.4) is 0 Å². The molecule has 5 heteroatoms. The first-order valence-electron chi connectivity index (χ1n) is 6.75. The van der Waals surface area contributed by atoms with E-state index in [2.05, 4.69) is 42.9 Å². The molecule has 2 aromatic rings. The fourth-order valence-electron chi connectivity index (χ4n) is 2.06. The van der Waals surface area contributed by atoms with E-state index in [1.807, 2.05) is 6.07 Å². The van der Waals surface area contributed by atoms with E-state index in [1.165, 1.54) is 5.56 Å². The van der Waals surface area contributed by atoms with Crippen molar-refractivity contribution in [2.75, 3.05) is 0 Å². The quantitative estimate of drug-likeness (QED) is 0.798. The van der Waals surface area contributed by atoms with Gasteiger partial charge in [0, 0.05) is 0 Å². The molecule has 0 saturated heterocycles. The molecule has 0 spiro atoms. The second-order valence-electron chi connectivity index (χ2n) is 6.32. The second kappa shape index (κ2) is 4.90. The molecule has 0 bridgehead atoms. The van der Waals surface area contributed by atoms with Crippen LogP contribution in [-0.4, -0.2) is 15.9 Å². The van der Waals surface area contributed by atoms with E-state index in [9.17, 15) is 4.79 Å². The highest BCUT2D eigenvalue weighted by molar-refractivity contribution is 5.78. The molecule has 0 aliphatic heterocycles. The lowest BCUT2D eigenvalue weighted by Gasteiger charge is -2.18. The lowest BCUT2D eigenvalue weighted by molar-refractivity contribution is -0.121. The van der Waals surface area contributed by atoms with E-state index in [0.717, 1.165) is 11.0 Å². The van der Waals surface area contributed by atoms with E-state index in [4.69, 9.17) is 11.5 Å². The van der Waals surface area contributed by atoms with Crippen LogP contribution in [0.4, 0.5) is 0 Å². The van der Waals surface area contributed by atoms with Gasteiger partial charge in [0.15, 0.2) is 0 Å². The van der Waals surface area contributed by atoms with Gasteiger partial charge in [0.1, 0.15) is 5.82 Å². The molecule has 2 atom stereocenters. The molecule has 108 valence electrons. The number of rotatable bonds is 3. The van der Waals surface area contributed by atoms with E-state index < -0.39 is 17.9 Å². The molecule has 5 nitrogen and oxygen atoms in total. The Labute approximate surface area is 118 Å². The summed E-state index contributed by atoms with van der Waals surface area (Å²) in [6, 6.07) is 5.61. The summed E-state index contributed by atoms with van der Waals surface area (Å²) in [4.78, 5) is 18.9. The highest BCUT2D eigenvalue weighted by Crippen LogP contribution is 2.26. The molecule has 1 amide bonds. The van der Waals surface area contributed by atoms with Crippen LogP contribution in [0.2, 0.25) is 0 Å². The molecule has 0 aliphatic carbocycles. The van der Waals surface area contributed by atoms with Crippen LogP contribution >= 0.6 is 0 Å². The summed E-state index contributed by atoms with van der Waals surface area (Å²) in [5, 5.41) is 0. The summed E-state index contributed by atoms with van der Waals surface area (Å²) in [6.45, 7) is 8.18. The number of carbonyl (C=O) groups is 1. The van der Waals surface area contributed by atoms with Crippen molar-refractivity contribution in [3.8, 4) is 0 Å². The Hall–Kier alpha value is -1.88. The van der Waals surface area contributed by atoms with Gasteiger partial charge < -0.3 is 16.5 Å². The molecule has 5 N–H and O–H groups in total. The maximum Gasteiger partial charge on any atom is 0.222 e. The van der Waals surface area contributed by atoms with E-state index in [1.54, 1.807) is 6.92 Å². The van der Waals surface area contributed by atoms with E-state index in [-0.39, 0.29) is 5.41 Å². The Balaban J connectivity index is 2.41. The van der Waals surface area contributed by atoms with Crippen LogP contribution in [0.25, 0.3) is 11.0 Å². The van der Waals surface area contributed by atoms with Crippen LogP contribution in [0.15, 0.2) is 18.2 Å². The number of fused-ring (bicyclic) bond motifs is 1. The van der Waals surface area contributed by atoms with Crippen molar-refractivity contribution in [2.24, 2.45) is 17.4 Å². The van der Waals surface area contributed by atoms with Gasteiger partial charge in [0.2, 0.25) is 5.91 Å². The number of imidazole rings is 1. The van der Waals surface area contributed by atoms with Crippen molar-refractivity contribution in [3.63, 3.8) is 0 Å². The molecule has 0 unspecified atom stereocenters. The number of amides is 1. The van der Waals surface area contributed by atoms with Gasteiger partial charge in [-0.2, -0.15) is 0 Å². The zero-order chi connectivity index (χ0) is 15.1. The Morgan fingerprint density at radius 3 is 2.55 bits per heavy atom. The maximum absolute atomic E-state index is 11.2. The van der Waals surface area contributed by atoms with Crippen LogP contribution in [0.1, 0.15) is 45.1 Å². The van der Waals surface area contributed by atoms with Crippen LogP contribution in [-0.2, 0) is 10.2 Å². The Bertz CT molecular complexity index is 639. The Kier molecular flexibility index (Phi) is 3.56. The van der Waals surface area contributed by atoms with Crippen molar-refractivity contribution in [1.29, 1.82) is 0 Å². The zero-order valence-electron chi connectivity index (χ0n) is 12.4. The van der Waals surface area contributed by atoms with Crippen LogP contribution in [0, 0.1) is 5.92 Å². The normalized spacial score (nSPS) is 15.2. The first-order chi connectivity index (χ1) is 9.20. The summed E-state index contributed by atoms with van der Waals surface area (Å²) in [5.74, 6) is -0.289. The van der Waals surface area contributed by atoms with Crippen LogP contribution in [0.5, 0.6) is 0 Å². The third-order valence-electron chi connectivity index (χ3n) is 3.67. The summed E-state index contributed by atoms with van der Waals surface area (Å²) < 4.78 is 0. The molecular formula is C15H22N4O. The summed E-state index contributed by atoms with van der Waals surface area (Å²) in [6.07, 6.45) is 0. The average Bonchev–Trinajstić information content (AvgIpc) is 2.78.